The maximum Gasteiger partial charge on any atom is 0.289 e. The predicted molar refractivity (Wildman–Crippen MR) is 103 cm³/mol. The van der Waals surface area contributed by atoms with E-state index in [1.54, 1.807) is 36.4 Å². The number of halogens is 1. The smallest absolute Gasteiger partial charge is 0.289 e. The van der Waals surface area contributed by atoms with Gasteiger partial charge in [-0.25, -0.2) is 5.43 Å². The van der Waals surface area contributed by atoms with Crippen molar-refractivity contribution in [3.05, 3.63) is 64.8 Å². The fourth-order valence-electron chi connectivity index (χ4n) is 2.34. The van der Waals surface area contributed by atoms with Gasteiger partial charge in [-0.1, -0.05) is 29.8 Å². The maximum atomic E-state index is 12.2. The van der Waals surface area contributed by atoms with Gasteiger partial charge >= 0.3 is 0 Å². The zero-order chi connectivity index (χ0) is 19.2. The number of nitrogens with zero attached hydrogens (tertiary/aromatic N) is 2. The number of rotatable bonds is 6. The molecule has 0 aliphatic carbocycles. The maximum absolute atomic E-state index is 12.2. The summed E-state index contributed by atoms with van der Waals surface area (Å²) in [5.74, 6) is -0.141. The van der Waals surface area contributed by atoms with E-state index in [1.165, 1.54) is 6.21 Å². The Labute approximate surface area is 160 Å². The van der Waals surface area contributed by atoms with E-state index in [0.29, 0.717) is 28.6 Å². The lowest BCUT2D eigenvalue weighted by Crippen LogP contribution is -2.18. The largest absolute Gasteiger partial charge is 0.504 e. The highest BCUT2D eigenvalue weighted by Crippen LogP contribution is 2.28. The standard InChI is InChI=1S/C19H17ClN4O3/c1-2-27-17-5-3-4-13(18(17)25)11-21-24-19(26)16-10-15(22-23-16)12-6-8-14(20)9-7-12/h3-11,25H,2H2,1H3,(H,22,23)(H,24,26)/b21-11+. The quantitative estimate of drug-likeness (QED) is 0.446. The molecule has 0 fully saturated rings. The third-order valence-corrected chi connectivity index (χ3v) is 3.91. The highest BCUT2D eigenvalue weighted by molar-refractivity contribution is 6.30. The average molecular weight is 385 g/mol. The van der Waals surface area contributed by atoms with Gasteiger partial charge in [-0.15, -0.1) is 0 Å². The Hall–Kier alpha value is -3.32. The van der Waals surface area contributed by atoms with E-state index in [2.05, 4.69) is 20.7 Å². The minimum absolute atomic E-state index is 0.0380. The second-order valence-corrected chi connectivity index (χ2v) is 5.94. The van der Waals surface area contributed by atoms with E-state index in [9.17, 15) is 9.90 Å². The molecule has 8 heteroatoms. The number of aromatic hydroxyl groups is 1. The van der Waals surface area contributed by atoms with Crippen molar-refractivity contribution in [2.45, 2.75) is 6.92 Å². The van der Waals surface area contributed by atoms with Crippen molar-refractivity contribution in [2.24, 2.45) is 5.10 Å². The minimum atomic E-state index is -0.459. The number of H-pyrrole nitrogens is 1. The van der Waals surface area contributed by atoms with Crippen LogP contribution in [0.1, 0.15) is 23.0 Å². The number of phenols is 1. The summed E-state index contributed by atoms with van der Waals surface area (Å²) in [7, 11) is 0. The van der Waals surface area contributed by atoms with Crippen molar-refractivity contribution < 1.29 is 14.6 Å². The SMILES string of the molecule is CCOc1cccc(/C=N/NC(=O)c2cc(-c3ccc(Cl)cc3)n[nH]2)c1O. The summed E-state index contributed by atoms with van der Waals surface area (Å²) in [4.78, 5) is 12.2. The molecular weight excluding hydrogens is 368 g/mol. The van der Waals surface area contributed by atoms with Crippen LogP contribution in [-0.2, 0) is 0 Å². The number of aromatic amines is 1. The van der Waals surface area contributed by atoms with E-state index >= 15 is 0 Å². The lowest BCUT2D eigenvalue weighted by molar-refractivity contribution is 0.0950. The number of hydrazone groups is 1. The van der Waals surface area contributed by atoms with Crippen molar-refractivity contribution in [1.29, 1.82) is 0 Å². The first kappa shape index (κ1) is 18.5. The van der Waals surface area contributed by atoms with Crippen molar-refractivity contribution in [3.8, 4) is 22.8 Å². The molecule has 27 heavy (non-hydrogen) atoms. The van der Waals surface area contributed by atoms with Gasteiger partial charge in [0.05, 0.1) is 18.5 Å². The molecule has 0 saturated carbocycles. The molecule has 1 heterocycles. The molecule has 138 valence electrons. The molecule has 0 atom stereocenters. The summed E-state index contributed by atoms with van der Waals surface area (Å²) >= 11 is 5.87. The number of hydrogen-bond donors (Lipinski definition) is 3. The van der Waals surface area contributed by atoms with Crippen LogP contribution in [0.5, 0.6) is 11.5 Å². The molecule has 3 rings (SSSR count). The van der Waals surface area contributed by atoms with Crippen LogP contribution >= 0.6 is 11.6 Å². The summed E-state index contributed by atoms with van der Waals surface area (Å²) in [6.45, 7) is 2.25. The van der Waals surface area contributed by atoms with Gasteiger partial charge in [0.1, 0.15) is 5.69 Å². The summed E-state index contributed by atoms with van der Waals surface area (Å²) in [6.07, 6.45) is 1.34. The van der Waals surface area contributed by atoms with Crippen molar-refractivity contribution in [3.63, 3.8) is 0 Å². The van der Waals surface area contributed by atoms with Gasteiger partial charge in [-0.3, -0.25) is 9.89 Å². The highest BCUT2D eigenvalue weighted by atomic mass is 35.5. The van der Waals surface area contributed by atoms with Gasteiger partial charge in [-0.05, 0) is 37.3 Å². The number of amides is 1. The van der Waals surface area contributed by atoms with Crippen LogP contribution in [0.3, 0.4) is 0 Å². The molecule has 0 unspecified atom stereocenters. The summed E-state index contributed by atoms with van der Waals surface area (Å²) < 4.78 is 5.31. The van der Waals surface area contributed by atoms with Crippen LogP contribution in [0.4, 0.5) is 0 Å². The monoisotopic (exact) mass is 384 g/mol. The molecule has 0 aliphatic heterocycles. The zero-order valence-corrected chi connectivity index (χ0v) is 15.2. The number of nitrogens with one attached hydrogen (secondary N) is 2. The molecule has 7 nitrogen and oxygen atoms in total. The molecule has 1 amide bonds. The number of benzene rings is 2. The number of carbonyl (C=O) groups is 1. The molecule has 2 aromatic carbocycles. The Morgan fingerprint density at radius 3 is 2.85 bits per heavy atom. The van der Waals surface area contributed by atoms with E-state index in [-0.39, 0.29) is 11.4 Å². The number of carbonyl (C=O) groups excluding carboxylic acids is 1. The van der Waals surface area contributed by atoms with Gasteiger partial charge in [0.15, 0.2) is 11.5 Å². The van der Waals surface area contributed by atoms with Gasteiger partial charge < -0.3 is 9.84 Å². The molecular formula is C19H17ClN4O3. The molecule has 0 saturated heterocycles. The normalized spacial score (nSPS) is 10.9. The first-order chi connectivity index (χ1) is 13.1. The van der Waals surface area contributed by atoms with Crippen LogP contribution in [0.25, 0.3) is 11.3 Å². The third kappa shape index (κ3) is 4.45. The first-order valence-corrected chi connectivity index (χ1v) is 8.56. The topological polar surface area (TPSA) is 99.6 Å². The molecule has 0 bridgehead atoms. The zero-order valence-electron chi connectivity index (χ0n) is 14.4. The van der Waals surface area contributed by atoms with Crippen LogP contribution in [0.2, 0.25) is 5.02 Å². The van der Waals surface area contributed by atoms with Gasteiger partial charge in [-0.2, -0.15) is 10.2 Å². The number of phenolic OH excluding ortho intramolecular Hbond substituents is 1. The van der Waals surface area contributed by atoms with E-state index < -0.39 is 5.91 Å². The first-order valence-electron chi connectivity index (χ1n) is 8.18. The Morgan fingerprint density at radius 2 is 2.11 bits per heavy atom. The van der Waals surface area contributed by atoms with Crippen LogP contribution < -0.4 is 10.2 Å². The second kappa shape index (κ2) is 8.37. The van der Waals surface area contributed by atoms with E-state index in [1.807, 2.05) is 19.1 Å². The molecule has 3 N–H and O–H groups in total. The van der Waals surface area contributed by atoms with Gasteiger partial charge in [0, 0.05) is 16.1 Å². The van der Waals surface area contributed by atoms with E-state index in [0.717, 1.165) is 5.56 Å². The van der Waals surface area contributed by atoms with Crippen molar-refractivity contribution >= 4 is 23.7 Å². The molecule has 0 aliphatic rings. The van der Waals surface area contributed by atoms with Crippen molar-refractivity contribution in [2.75, 3.05) is 6.61 Å². The van der Waals surface area contributed by atoms with Crippen LogP contribution in [-0.4, -0.2) is 34.0 Å². The summed E-state index contributed by atoms with van der Waals surface area (Å²) in [5, 5.41) is 21.4. The molecule has 0 radical (unpaired) electrons. The fraction of sp³-hybridized carbons (Fsp3) is 0.105. The minimum Gasteiger partial charge on any atom is -0.504 e. The third-order valence-electron chi connectivity index (χ3n) is 3.66. The molecule has 3 aromatic rings. The summed E-state index contributed by atoms with van der Waals surface area (Å²) in [5.41, 5.74) is 4.51. The fourth-order valence-corrected chi connectivity index (χ4v) is 2.47. The van der Waals surface area contributed by atoms with Crippen LogP contribution in [0.15, 0.2) is 53.6 Å². The number of aromatic nitrogens is 2. The lowest BCUT2D eigenvalue weighted by Gasteiger charge is -2.07. The molecule has 0 spiro atoms. The number of hydrogen-bond acceptors (Lipinski definition) is 5. The van der Waals surface area contributed by atoms with Crippen LogP contribution in [0, 0.1) is 0 Å². The lowest BCUT2D eigenvalue weighted by atomic mass is 10.1. The van der Waals surface area contributed by atoms with E-state index in [4.69, 9.17) is 16.3 Å². The molecule has 1 aromatic heterocycles. The number of ether oxygens (including phenoxy) is 1. The van der Waals surface area contributed by atoms with Crippen molar-refractivity contribution in [1.82, 2.24) is 15.6 Å². The Morgan fingerprint density at radius 1 is 1.33 bits per heavy atom. The van der Waals surface area contributed by atoms with Gasteiger partial charge in [0.25, 0.3) is 5.91 Å². The van der Waals surface area contributed by atoms with Gasteiger partial charge in [0.2, 0.25) is 0 Å². The predicted octanol–water partition coefficient (Wildman–Crippen LogP) is 3.60. The summed E-state index contributed by atoms with van der Waals surface area (Å²) in [6, 6.07) is 13.8. The Bertz CT molecular complexity index is 967. The number of para-hydroxylation sites is 1. The average Bonchev–Trinajstić information content (AvgIpc) is 3.15. The second-order valence-electron chi connectivity index (χ2n) is 5.50. The Balaban J connectivity index is 1.67. The highest BCUT2D eigenvalue weighted by Gasteiger charge is 2.11. The Kier molecular flexibility index (Phi) is 5.73.